The van der Waals surface area contributed by atoms with Crippen LogP contribution in [-0.4, -0.2) is 57.1 Å². The summed E-state index contributed by atoms with van der Waals surface area (Å²) in [6.07, 6.45) is 3.69. The average Bonchev–Trinajstić information content (AvgIpc) is 2.67. The van der Waals surface area contributed by atoms with Crippen molar-refractivity contribution in [1.82, 2.24) is 15.5 Å². The molecule has 2 rings (SSSR count). The molecule has 7 heteroatoms. The van der Waals surface area contributed by atoms with E-state index in [2.05, 4.69) is 28.6 Å². The molecule has 1 aromatic carbocycles. The molecule has 0 aliphatic carbocycles. The molecule has 1 heterocycles. The van der Waals surface area contributed by atoms with Crippen LogP contribution in [0.15, 0.2) is 29.3 Å². The van der Waals surface area contributed by atoms with Crippen molar-refractivity contribution in [2.75, 3.05) is 40.3 Å². The van der Waals surface area contributed by atoms with Gasteiger partial charge >= 0.3 is 0 Å². The molecule has 6 nitrogen and oxygen atoms in total. The van der Waals surface area contributed by atoms with E-state index < -0.39 is 0 Å². The van der Waals surface area contributed by atoms with Crippen LogP contribution in [-0.2, 0) is 11.2 Å². The van der Waals surface area contributed by atoms with Crippen LogP contribution in [0.5, 0.6) is 5.75 Å². The lowest BCUT2D eigenvalue weighted by Gasteiger charge is -2.31. The van der Waals surface area contributed by atoms with Crippen molar-refractivity contribution in [1.29, 1.82) is 0 Å². The first-order chi connectivity index (χ1) is 12.6. The summed E-state index contributed by atoms with van der Waals surface area (Å²) < 4.78 is 5.37. The molecule has 2 N–H and O–H groups in total. The number of para-hydroxylation sites is 1. The van der Waals surface area contributed by atoms with Gasteiger partial charge < -0.3 is 20.3 Å². The third-order valence-corrected chi connectivity index (χ3v) is 4.74. The Morgan fingerprint density at radius 1 is 1.30 bits per heavy atom. The molecule has 1 saturated heterocycles. The lowest BCUT2D eigenvalue weighted by molar-refractivity contribution is -0.132. The molecular weight excluding hydrogens is 455 g/mol. The Hall–Kier alpha value is -1.51. The maximum Gasteiger partial charge on any atom is 0.224 e. The van der Waals surface area contributed by atoms with E-state index in [-0.39, 0.29) is 29.9 Å². The topological polar surface area (TPSA) is 66.0 Å². The number of likely N-dealkylation sites (tertiary alicyclic amines) is 1. The Morgan fingerprint density at radius 3 is 2.74 bits per heavy atom. The fourth-order valence-electron chi connectivity index (χ4n) is 3.31. The number of amides is 1. The zero-order valence-electron chi connectivity index (χ0n) is 16.7. The van der Waals surface area contributed by atoms with E-state index >= 15 is 0 Å². The van der Waals surface area contributed by atoms with Gasteiger partial charge in [0.05, 0.1) is 7.11 Å². The lowest BCUT2D eigenvalue weighted by atomic mass is 10.00. The molecular formula is C20H33IN4O2. The standard InChI is InChI=1S/C20H32N4O2.HI/c1-16-7-6-14-24(15-16)19(25)11-13-23-20(21-2)22-12-10-17-8-4-5-9-18(17)26-3;/h4-5,8-9,16H,6-7,10-15H2,1-3H3,(H2,21,22,23);1H. The number of benzene rings is 1. The van der Waals surface area contributed by atoms with E-state index in [9.17, 15) is 4.79 Å². The second-order valence-corrected chi connectivity index (χ2v) is 6.82. The van der Waals surface area contributed by atoms with Crippen LogP contribution in [0.4, 0.5) is 0 Å². The third kappa shape index (κ3) is 7.94. The summed E-state index contributed by atoms with van der Waals surface area (Å²) in [6.45, 7) is 5.35. The first-order valence-corrected chi connectivity index (χ1v) is 9.48. The first-order valence-electron chi connectivity index (χ1n) is 9.48. The van der Waals surface area contributed by atoms with Crippen molar-refractivity contribution in [3.05, 3.63) is 29.8 Å². The van der Waals surface area contributed by atoms with Crippen molar-refractivity contribution in [3.8, 4) is 5.75 Å². The molecule has 1 amide bonds. The minimum atomic E-state index is 0. The van der Waals surface area contributed by atoms with Gasteiger partial charge in [-0.1, -0.05) is 25.1 Å². The molecule has 1 fully saturated rings. The second-order valence-electron chi connectivity index (χ2n) is 6.82. The zero-order valence-corrected chi connectivity index (χ0v) is 19.0. The Balaban J connectivity index is 0.00000364. The molecule has 1 atom stereocenters. The van der Waals surface area contributed by atoms with Crippen LogP contribution in [0.2, 0.25) is 0 Å². The van der Waals surface area contributed by atoms with Gasteiger partial charge in [0.1, 0.15) is 5.75 Å². The number of piperidine rings is 1. The molecule has 1 aliphatic rings. The molecule has 0 saturated carbocycles. The van der Waals surface area contributed by atoms with Crippen LogP contribution < -0.4 is 15.4 Å². The fourth-order valence-corrected chi connectivity index (χ4v) is 3.31. The third-order valence-electron chi connectivity index (χ3n) is 4.74. The van der Waals surface area contributed by atoms with Crippen LogP contribution in [0.1, 0.15) is 31.7 Å². The molecule has 0 bridgehead atoms. The maximum absolute atomic E-state index is 12.3. The van der Waals surface area contributed by atoms with E-state index in [1.807, 2.05) is 23.1 Å². The highest BCUT2D eigenvalue weighted by molar-refractivity contribution is 14.0. The van der Waals surface area contributed by atoms with Gasteiger partial charge in [0.25, 0.3) is 0 Å². The van der Waals surface area contributed by atoms with E-state index in [0.29, 0.717) is 18.9 Å². The van der Waals surface area contributed by atoms with Gasteiger partial charge in [0.2, 0.25) is 5.91 Å². The highest BCUT2D eigenvalue weighted by atomic mass is 127. The number of ether oxygens (including phenoxy) is 1. The number of nitrogens with one attached hydrogen (secondary N) is 2. The minimum absolute atomic E-state index is 0. The molecule has 1 unspecified atom stereocenters. The highest BCUT2D eigenvalue weighted by Gasteiger charge is 2.20. The van der Waals surface area contributed by atoms with E-state index in [0.717, 1.165) is 49.7 Å². The molecule has 152 valence electrons. The van der Waals surface area contributed by atoms with E-state index in [4.69, 9.17) is 4.74 Å². The number of hydrogen-bond acceptors (Lipinski definition) is 3. The Kier molecular flexibility index (Phi) is 11.2. The predicted octanol–water partition coefficient (Wildman–Crippen LogP) is 2.67. The van der Waals surface area contributed by atoms with Gasteiger partial charge in [-0.05, 0) is 36.8 Å². The summed E-state index contributed by atoms with van der Waals surface area (Å²) in [7, 11) is 3.43. The summed E-state index contributed by atoms with van der Waals surface area (Å²) in [5.41, 5.74) is 1.16. The molecule has 27 heavy (non-hydrogen) atoms. The lowest BCUT2D eigenvalue weighted by Crippen LogP contribution is -2.42. The number of methoxy groups -OCH3 is 1. The van der Waals surface area contributed by atoms with Gasteiger partial charge in [0.15, 0.2) is 5.96 Å². The Bertz CT molecular complexity index is 609. The average molecular weight is 488 g/mol. The number of nitrogens with zero attached hydrogens (tertiary/aromatic N) is 2. The normalized spacial score (nSPS) is 17.1. The van der Waals surface area contributed by atoms with Gasteiger partial charge in [-0.2, -0.15) is 0 Å². The van der Waals surface area contributed by atoms with Crippen molar-refractivity contribution in [2.24, 2.45) is 10.9 Å². The number of halogens is 1. The number of guanidine groups is 1. The summed E-state index contributed by atoms with van der Waals surface area (Å²) in [4.78, 5) is 18.5. The molecule has 0 aromatic heterocycles. The van der Waals surface area contributed by atoms with Crippen molar-refractivity contribution < 1.29 is 9.53 Å². The van der Waals surface area contributed by atoms with Crippen LogP contribution in [0, 0.1) is 5.92 Å². The molecule has 0 spiro atoms. The quantitative estimate of drug-likeness (QED) is 0.352. The SMILES string of the molecule is CN=C(NCCC(=O)N1CCCC(C)C1)NCCc1ccccc1OC.I. The maximum atomic E-state index is 12.3. The van der Waals surface area contributed by atoms with Gasteiger partial charge in [-0.3, -0.25) is 9.79 Å². The van der Waals surface area contributed by atoms with Crippen LogP contribution >= 0.6 is 24.0 Å². The number of hydrogen-bond donors (Lipinski definition) is 2. The second kappa shape index (κ2) is 12.8. The Morgan fingerprint density at radius 2 is 2.04 bits per heavy atom. The van der Waals surface area contributed by atoms with Crippen molar-refractivity contribution >= 4 is 35.8 Å². The predicted molar refractivity (Wildman–Crippen MR) is 121 cm³/mol. The summed E-state index contributed by atoms with van der Waals surface area (Å²) in [6, 6.07) is 8.01. The van der Waals surface area contributed by atoms with E-state index in [1.54, 1.807) is 14.2 Å². The van der Waals surface area contributed by atoms with Crippen molar-refractivity contribution in [2.45, 2.75) is 32.6 Å². The van der Waals surface area contributed by atoms with Crippen LogP contribution in [0.25, 0.3) is 0 Å². The molecule has 1 aromatic rings. The van der Waals surface area contributed by atoms with Crippen LogP contribution in [0.3, 0.4) is 0 Å². The number of aliphatic imine (C=N–C) groups is 1. The Labute approximate surface area is 180 Å². The number of carbonyl (C=O) groups is 1. The van der Waals surface area contributed by atoms with E-state index in [1.165, 1.54) is 6.42 Å². The summed E-state index contributed by atoms with van der Waals surface area (Å²) >= 11 is 0. The van der Waals surface area contributed by atoms with Gasteiger partial charge in [-0.25, -0.2) is 0 Å². The summed E-state index contributed by atoms with van der Waals surface area (Å²) in [5.74, 6) is 2.47. The monoisotopic (exact) mass is 488 g/mol. The largest absolute Gasteiger partial charge is 0.496 e. The smallest absolute Gasteiger partial charge is 0.224 e. The first kappa shape index (κ1) is 23.5. The molecule has 1 aliphatic heterocycles. The minimum Gasteiger partial charge on any atom is -0.496 e. The number of carbonyl (C=O) groups excluding carboxylic acids is 1. The van der Waals surface area contributed by atoms with Gasteiger partial charge in [0, 0.05) is 39.6 Å². The van der Waals surface area contributed by atoms with Crippen molar-refractivity contribution in [3.63, 3.8) is 0 Å². The number of rotatable bonds is 7. The highest BCUT2D eigenvalue weighted by Crippen LogP contribution is 2.17. The molecule has 0 radical (unpaired) electrons. The fraction of sp³-hybridized carbons (Fsp3) is 0.600. The van der Waals surface area contributed by atoms with Gasteiger partial charge in [-0.15, -0.1) is 24.0 Å². The zero-order chi connectivity index (χ0) is 18.8. The summed E-state index contributed by atoms with van der Waals surface area (Å²) in [5, 5.41) is 6.51.